The molecule has 2 heterocycles. The fourth-order valence-electron chi connectivity index (χ4n) is 2.38. The van der Waals surface area contributed by atoms with Crippen molar-refractivity contribution in [3.05, 3.63) is 81.9 Å². The lowest BCUT2D eigenvalue weighted by Gasteiger charge is -2.08. The molecule has 2 aromatic heterocycles. The predicted octanol–water partition coefficient (Wildman–Crippen LogP) is 2.49. The van der Waals surface area contributed by atoms with E-state index in [-0.39, 0.29) is 17.0 Å². The SMILES string of the molecule is CC(=O)c1nc2ccccn2c(=O)c1Cc1ccccc1. The van der Waals surface area contributed by atoms with Crippen LogP contribution in [0.25, 0.3) is 5.65 Å². The number of benzene rings is 1. The van der Waals surface area contributed by atoms with Gasteiger partial charge in [-0.25, -0.2) is 4.98 Å². The van der Waals surface area contributed by atoms with Crippen molar-refractivity contribution in [2.45, 2.75) is 13.3 Å². The number of hydrogen-bond acceptors (Lipinski definition) is 3. The number of rotatable bonds is 3. The second kappa shape index (κ2) is 5.32. The Hall–Kier alpha value is -2.75. The minimum atomic E-state index is -0.190. The van der Waals surface area contributed by atoms with Crippen LogP contribution in [-0.2, 0) is 6.42 Å². The van der Waals surface area contributed by atoms with Crippen LogP contribution in [0.1, 0.15) is 28.5 Å². The summed E-state index contributed by atoms with van der Waals surface area (Å²) in [5, 5.41) is 0. The molecule has 4 heteroatoms. The Morgan fingerprint density at radius 2 is 1.81 bits per heavy atom. The molecule has 4 nitrogen and oxygen atoms in total. The third-order valence-electron chi connectivity index (χ3n) is 3.38. The molecular weight excluding hydrogens is 264 g/mol. The summed E-state index contributed by atoms with van der Waals surface area (Å²) in [4.78, 5) is 28.8. The normalized spacial score (nSPS) is 10.7. The molecule has 0 saturated carbocycles. The van der Waals surface area contributed by atoms with E-state index in [1.165, 1.54) is 11.3 Å². The summed E-state index contributed by atoms with van der Waals surface area (Å²) < 4.78 is 1.48. The molecule has 0 saturated heterocycles. The van der Waals surface area contributed by atoms with Crippen LogP contribution in [0.3, 0.4) is 0 Å². The zero-order chi connectivity index (χ0) is 14.8. The summed E-state index contributed by atoms with van der Waals surface area (Å²) in [5.41, 5.74) is 1.99. The summed E-state index contributed by atoms with van der Waals surface area (Å²) >= 11 is 0. The smallest absolute Gasteiger partial charge is 0.262 e. The molecule has 21 heavy (non-hydrogen) atoms. The monoisotopic (exact) mass is 278 g/mol. The molecule has 0 aliphatic carbocycles. The molecule has 0 atom stereocenters. The van der Waals surface area contributed by atoms with E-state index in [0.29, 0.717) is 17.6 Å². The van der Waals surface area contributed by atoms with E-state index < -0.39 is 0 Å². The molecular formula is C17H14N2O2. The highest BCUT2D eigenvalue weighted by Gasteiger charge is 2.16. The van der Waals surface area contributed by atoms with Crippen molar-refractivity contribution < 1.29 is 4.79 Å². The van der Waals surface area contributed by atoms with Gasteiger partial charge in [0.05, 0.1) is 5.56 Å². The lowest BCUT2D eigenvalue weighted by Crippen LogP contribution is -2.24. The van der Waals surface area contributed by atoms with Crippen LogP contribution in [0.2, 0.25) is 0 Å². The molecule has 1 aromatic carbocycles. The first-order valence-electron chi connectivity index (χ1n) is 6.72. The van der Waals surface area contributed by atoms with E-state index in [1.54, 1.807) is 24.4 Å². The summed E-state index contributed by atoms with van der Waals surface area (Å²) in [6, 6.07) is 14.9. The van der Waals surface area contributed by atoms with Gasteiger partial charge in [0.1, 0.15) is 11.3 Å². The largest absolute Gasteiger partial charge is 0.293 e. The van der Waals surface area contributed by atoms with E-state index in [1.807, 2.05) is 30.3 Å². The van der Waals surface area contributed by atoms with Crippen LogP contribution in [0.5, 0.6) is 0 Å². The number of nitrogens with zero attached hydrogens (tertiary/aromatic N) is 2. The molecule has 3 aromatic rings. The number of hydrogen-bond donors (Lipinski definition) is 0. The number of Topliss-reactive ketones (excluding diaryl/α,β-unsaturated/α-hetero) is 1. The van der Waals surface area contributed by atoms with E-state index in [2.05, 4.69) is 4.98 Å². The van der Waals surface area contributed by atoms with Crippen molar-refractivity contribution in [2.75, 3.05) is 0 Å². The maximum Gasteiger partial charge on any atom is 0.262 e. The second-order valence-corrected chi connectivity index (χ2v) is 4.89. The second-order valence-electron chi connectivity index (χ2n) is 4.89. The Kier molecular flexibility index (Phi) is 3.36. The van der Waals surface area contributed by atoms with Gasteiger partial charge < -0.3 is 0 Å². The molecule has 0 fully saturated rings. The standard InChI is InChI=1S/C17H14N2O2/c1-12(20)16-14(11-13-7-3-2-4-8-13)17(21)19-10-6-5-9-15(19)18-16/h2-10H,11H2,1H3. The third-order valence-corrected chi connectivity index (χ3v) is 3.38. The third kappa shape index (κ3) is 2.48. The first kappa shape index (κ1) is 13.2. The van der Waals surface area contributed by atoms with E-state index in [9.17, 15) is 9.59 Å². The number of carbonyl (C=O) groups is 1. The molecule has 3 rings (SSSR count). The fraction of sp³-hybridized carbons (Fsp3) is 0.118. The van der Waals surface area contributed by atoms with E-state index in [0.717, 1.165) is 5.56 Å². The van der Waals surface area contributed by atoms with Crippen molar-refractivity contribution in [1.29, 1.82) is 0 Å². The molecule has 0 unspecified atom stereocenters. The van der Waals surface area contributed by atoms with Crippen LogP contribution >= 0.6 is 0 Å². The van der Waals surface area contributed by atoms with Gasteiger partial charge in [0.2, 0.25) is 0 Å². The Morgan fingerprint density at radius 1 is 1.10 bits per heavy atom. The minimum Gasteiger partial charge on any atom is -0.293 e. The van der Waals surface area contributed by atoms with Gasteiger partial charge in [0.15, 0.2) is 5.78 Å². The first-order chi connectivity index (χ1) is 10.2. The highest BCUT2D eigenvalue weighted by molar-refractivity contribution is 5.94. The zero-order valence-corrected chi connectivity index (χ0v) is 11.6. The van der Waals surface area contributed by atoms with Gasteiger partial charge in [0, 0.05) is 19.5 Å². The topological polar surface area (TPSA) is 51.4 Å². The van der Waals surface area contributed by atoms with Crippen molar-refractivity contribution >= 4 is 11.4 Å². The molecule has 0 aliphatic heterocycles. The van der Waals surface area contributed by atoms with Crippen LogP contribution in [0.4, 0.5) is 0 Å². The van der Waals surface area contributed by atoms with Gasteiger partial charge >= 0.3 is 0 Å². The van der Waals surface area contributed by atoms with E-state index in [4.69, 9.17) is 0 Å². The molecule has 0 amide bonds. The quantitative estimate of drug-likeness (QED) is 0.692. The summed E-state index contributed by atoms with van der Waals surface area (Å²) in [6.45, 7) is 1.44. The first-order valence-corrected chi connectivity index (χ1v) is 6.72. The van der Waals surface area contributed by atoms with E-state index >= 15 is 0 Å². The highest BCUT2D eigenvalue weighted by atomic mass is 16.1. The van der Waals surface area contributed by atoms with Gasteiger partial charge in [-0.05, 0) is 17.7 Å². The molecule has 0 spiro atoms. The van der Waals surface area contributed by atoms with Gasteiger partial charge in [-0.2, -0.15) is 0 Å². The number of aromatic nitrogens is 2. The Labute approximate surface area is 121 Å². The Balaban J connectivity index is 2.24. The molecule has 0 bridgehead atoms. The lowest BCUT2D eigenvalue weighted by atomic mass is 10.0. The maximum absolute atomic E-state index is 12.6. The van der Waals surface area contributed by atoms with Crippen molar-refractivity contribution in [3.8, 4) is 0 Å². The zero-order valence-electron chi connectivity index (χ0n) is 11.6. The van der Waals surface area contributed by atoms with Crippen molar-refractivity contribution in [3.63, 3.8) is 0 Å². The fourth-order valence-corrected chi connectivity index (χ4v) is 2.38. The number of fused-ring (bicyclic) bond motifs is 1. The van der Waals surface area contributed by atoms with Gasteiger partial charge in [-0.15, -0.1) is 0 Å². The minimum absolute atomic E-state index is 0.186. The van der Waals surface area contributed by atoms with Crippen LogP contribution in [0, 0.1) is 0 Å². The average Bonchev–Trinajstić information content (AvgIpc) is 2.51. The van der Waals surface area contributed by atoms with Crippen LogP contribution in [-0.4, -0.2) is 15.2 Å². The lowest BCUT2D eigenvalue weighted by molar-refractivity contribution is 0.101. The van der Waals surface area contributed by atoms with Crippen molar-refractivity contribution in [1.82, 2.24) is 9.38 Å². The molecule has 0 N–H and O–H groups in total. The van der Waals surface area contributed by atoms with Crippen molar-refractivity contribution in [2.24, 2.45) is 0 Å². The van der Waals surface area contributed by atoms with Gasteiger partial charge in [0.25, 0.3) is 5.56 Å². The number of ketones is 1. The van der Waals surface area contributed by atoms with Gasteiger partial charge in [-0.3, -0.25) is 14.0 Å². The predicted molar refractivity (Wildman–Crippen MR) is 80.7 cm³/mol. The summed E-state index contributed by atoms with van der Waals surface area (Å²) in [7, 11) is 0. The Bertz CT molecular complexity index is 867. The van der Waals surface area contributed by atoms with Crippen LogP contribution < -0.4 is 5.56 Å². The summed E-state index contributed by atoms with van der Waals surface area (Å²) in [5.74, 6) is -0.190. The molecule has 104 valence electrons. The molecule has 0 aliphatic rings. The van der Waals surface area contributed by atoms with Gasteiger partial charge in [-0.1, -0.05) is 36.4 Å². The Morgan fingerprint density at radius 3 is 2.52 bits per heavy atom. The highest BCUT2D eigenvalue weighted by Crippen LogP contribution is 2.11. The van der Waals surface area contributed by atoms with Crippen LogP contribution in [0.15, 0.2) is 59.5 Å². The molecule has 0 radical (unpaired) electrons. The maximum atomic E-state index is 12.6. The number of pyridine rings is 1. The average molecular weight is 278 g/mol. The number of carbonyl (C=O) groups excluding carboxylic acids is 1. The summed E-state index contributed by atoms with van der Waals surface area (Å²) in [6.07, 6.45) is 2.07.